The van der Waals surface area contributed by atoms with Crippen LogP contribution in [-0.2, 0) is 57.2 Å². The molecule has 3 aromatic heterocycles. The number of esters is 2. The summed E-state index contributed by atoms with van der Waals surface area (Å²) in [5, 5.41) is 14.6. The molecular weight excluding hydrogens is 1170 g/mol. The Bertz CT molecular complexity index is 3660. The maximum Gasteiger partial charge on any atom is 0.349 e. The molecule has 5 heterocycles. The number of anilines is 1. The molecule has 4 aromatic carbocycles. The van der Waals surface area contributed by atoms with E-state index in [9.17, 15) is 34.0 Å². The van der Waals surface area contributed by atoms with Gasteiger partial charge in [0.05, 0.1) is 45.0 Å². The number of carbonyl (C=O) groups excluding carboxylic acids is 3. The number of aromatic amines is 1. The van der Waals surface area contributed by atoms with Gasteiger partial charge < -0.3 is 52.1 Å². The number of H-pyrrole nitrogens is 1. The number of benzene rings is 4. The van der Waals surface area contributed by atoms with Crippen LogP contribution in [0.3, 0.4) is 0 Å². The molecule has 26 heteroatoms. The molecule has 9 atom stereocenters. The molecule has 0 saturated carbocycles. The summed E-state index contributed by atoms with van der Waals surface area (Å²) < 4.78 is 75.1. The zero-order valence-corrected chi connectivity index (χ0v) is 52.0. The Morgan fingerprint density at radius 3 is 1.92 bits per heavy atom. The van der Waals surface area contributed by atoms with Gasteiger partial charge in [-0.15, -0.1) is 0 Å². The number of carbonyl (C=O) groups is 3. The summed E-state index contributed by atoms with van der Waals surface area (Å²) in [6, 6.07) is 36.1. The maximum atomic E-state index is 15.3. The van der Waals surface area contributed by atoms with E-state index in [4.69, 9.17) is 42.1 Å². The van der Waals surface area contributed by atoms with Gasteiger partial charge in [0.15, 0.2) is 50.8 Å². The van der Waals surface area contributed by atoms with Crippen LogP contribution in [0.5, 0.6) is 17.4 Å². The Hall–Kier alpha value is -7.87. The molecule has 24 nitrogen and oxygen atoms in total. The van der Waals surface area contributed by atoms with Gasteiger partial charge in [0.1, 0.15) is 23.2 Å². The van der Waals surface area contributed by atoms with E-state index in [2.05, 4.69) is 25.3 Å². The number of ether oxygens (including phenoxy) is 7. The van der Waals surface area contributed by atoms with Crippen molar-refractivity contribution in [1.29, 1.82) is 0 Å². The van der Waals surface area contributed by atoms with Crippen molar-refractivity contribution >= 4 is 50.9 Å². The zero-order chi connectivity index (χ0) is 63.0. The van der Waals surface area contributed by atoms with Crippen LogP contribution in [0.25, 0.3) is 11.2 Å². The SMILES string of the molecule is CCCC(=O)O[C@@H]1[C@H](OC(=O)CCC)[C@@H](COP(=O)(O)C[C@H]2[C@@H](O[Si](C)(C)C(C)(C)C)[C@H](n3ccc([O-])nc3=O)O[C@@H]2COC(c2ccccc2)(c2ccccc2)c2ccc(OC)cc2)O[C@H]1n1cnc2c(=O)[nH]c(NC(=O)COc3ccccc3)nc21. The monoisotopic (exact) mass is 1250 g/mol. The third-order valence-electron chi connectivity index (χ3n) is 15.8. The molecule has 9 rings (SSSR count). The number of aromatic nitrogens is 6. The molecule has 2 fully saturated rings. The lowest BCUT2D eigenvalue weighted by Crippen LogP contribution is -2.49. The van der Waals surface area contributed by atoms with E-state index in [1.54, 1.807) is 51.3 Å². The van der Waals surface area contributed by atoms with Gasteiger partial charge in [-0.3, -0.25) is 43.2 Å². The predicted octanol–water partition coefficient (Wildman–Crippen LogP) is 7.91. The first kappa shape index (κ1) is 64.6. The van der Waals surface area contributed by atoms with Crippen molar-refractivity contribution in [1.82, 2.24) is 29.1 Å². The number of para-hydroxylation sites is 1. The molecule has 468 valence electrons. The quantitative estimate of drug-likeness (QED) is 0.0201. The summed E-state index contributed by atoms with van der Waals surface area (Å²) >= 11 is 0. The minimum atomic E-state index is -4.99. The highest BCUT2D eigenvalue weighted by atomic mass is 31.2. The fourth-order valence-electron chi connectivity index (χ4n) is 10.4. The number of hydrogen-bond donors (Lipinski definition) is 3. The van der Waals surface area contributed by atoms with Gasteiger partial charge in [0.25, 0.3) is 11.5 Å². The molecule has 0 radical (unpaired) electrons. The normalized spacial score (nSPS) is 21.1. The zero-order valence-electron chi connectivity index (χ0n) is 50.1. The van der Waals surface area contributed by atoms with Crippen LogP contribution in [-0.4, -0.2) is 124 Å². The standard InChI is InChI=1S/C62H74N7O17PSi/c1-9-20-49(72)84-53-46(83-58(54(53)85-50(73)21-10-2)69-38-63-51-55(69)66-59(67-56(51)74)64-48(71)36-79-43-26-18-13-19-27-43)35-81-87(76,77)37-44-45(82-57(68-33-32-47(70)65-60(68)75)52(44)86-88(7,8)61(3,4)5)34-80-62(39-22-14-11-15-23-39,40-24-16-12-17-25-40)41-28-30-42(78-6)31-29-41/h11-19,22-33,38,44-46,52-54,57-58H,9-10,20-21,34-37H2,1-8H3,(H,76,77)(H,65,70,75)(H2,64,66,67,71,74)/p-1/t44-,45-,46-,52-,53-,54-,57-,58-/m1/s1. The van der Waals surface area contributed by atoms with Gasteiger partial charge >= 0.3 is 25.2 Å². The molecule has 1 unspecified atom stereocenters. The third kappa shape index (κ3) is 14.6. The summed E-state index contributed by atoms with van der Waals surface area (Å²) in [7, 11) is -6.37. The highest BCUT2D eigenvalue weighted by molar-refractivity contribution is 7.52. The number of imidazole rings is 1. The smallest absolute Gasteiger partial charge is 0.349 e. The summed E-state index contributed by atoms with van der Waals surface area (Å²) in [5.74, 6) is -3.29. The van der Waals surface area contributed by atoms with Crippen LogP contribution in [0, 0.1) is 5.92 Å². The Kier molecular flexibility index (Phi) is 20.3. The molecular formula is C62H73N7O17PSi-. The first-order valence-corrected chi connectivity index (χ1v) is 33.7. The Labute approximate surface area is 509 Å². The lowest BCUT2D eigenvalue weighted by Gasteiger charge is -2.41. The summed E-state index contributed by atoms with van der Waals surface area (Å²) in [5.41, 5.74) is -1.30. The average Bonchev–Trinajstić information content (AvgIpc) is 1.71. The molecule has 3 N–H and O–H groups in total. The number of fused-ring (bicyclic) bond motifs is 1. The summed E-state index contributed by atoms with van der Waals surface area (Å²) in [6.45, 7) is 12.0. The van der Waals surface area contributed by atoms with Crippen molar-refractivity contribution in [3.63, 3.8) is 0 Å². The van der Waals surface area contributed by atoms with Gasteiger partial charge in [0, 0.05) is 25.0 Å². The van der Waals surface area contributed by atoms with Crippen molar-refractivity contribution in [3.8, 4) is 17.4 Å². The second-order valence-electron chi connectivity index (χ2n) is 23.0. The van der Waals surface area contributed by atoms with Gasteiger partial charge in [0.2, 0.25) is 5.95 Å². The number of methoxy groups -OCH3 is 1. The number of nitrogens with zero attached hydrogens (tertiary/aromatic N) is 5. The fraction of sp³-hybridized carbons (Fsp3) is 0.419. The lowest BCUT2D eigenvalue weighted by molar-refractivity contribution is -0.275. The molecule has 2 aliphatic rings. The molecule has 0 aliphatic carbocycles. The Balaban J connectivity index is 1.09. The van der Waals surface area contributed by atoms with Crippen molar-refractivity contribution < 1.29 is 71.1 Å². The third-order valence-corrected chi connectivity index (χ3v) is 21.7. The van der Waals surface area contributed by atoms with Crippen LogP contribution >= 0.6 is 7.60 Å². The lowest BCUT2D eigenvalue weighted by atomic mass is 9.80. The molecule has 2 aliphatic heterocycles. The van der Waals surface area contributed by atoms with E-state index in [1.807, 2.05) is 119 Å². The van der Waals surface area contributed by atoms with E-state index in [0.29, 0.717) is 29.9 Å². The Morgan fingerprint density at radius 1 is 0.750 bits per heavy atom. The van der Waals surface area contributed by atoms with Crippen LogP contribution in [0.1, 0.15) is 89.4 Å². The van der Waals surface area contributed by atoms with Crippen molar-refractivity contribution in [2.24, 2.45) is 5.92 Å². The van der Waals surface area contributed by atoms with E-state index >= 15 is 4.57 Å². The van der Waals surface area contributed by atoms with Crippen LogP contribution in [0.4, 0.5) is 5.95 Å². The first-order valence-electron chi connectivity index (χ1n) is 29.0. The molecule has 0 spiro atoms. The number of rotatable bonds is 26. The van der Waals surface area contributed by atoms with Gasteiger partial charge in [-0.2, -0.15) is 4.98 Å². The van der Waals surface area contributed by atoms with E-state index in [0.717, 1.165) is 21.8 Å². The topological polar surface area (TPSA) is 305 Å². The molecule has 7 aromatic rings. The highest BCUT2D eigenvalue weighted by Gasteiger charge is 2.56. The summed E-state index contributed by atoms with van der Waals surface area (Å²) in [4.78, 5) is 95.0. The van der Waals surface area contributed by atoms with Crippen LogP contribution < -0.4 is 31.1 Å². The second-order valence-corrected chi connectivity index (χ2v) is 29.6. The molecule has 1 amide bonds. The second kappa shape index (κ2) is 27.7. The van der Waals surface area contributed by atoms with Gasteiger partial charge in [-0.1, -0.05) is 126 Å². The number of hydrogen-bond acceptors (Lipinski definition) is 19. The van der Waals surface area contributed by atoms with E-state index < -0.39 is 130 Å². The first-order chi connectivity index (χ1) is 42.0. The number of nitrogens with one attached hydrogen (secondary N) is 2. The molecule has 2 saturated heterocycles. The predicted molar refractivity (Wildman–Crippen MR) is 322 cm³/mol. The van der Waals surface area contributed by atoms with Crippen LogP contribution in [0.15, 0.2) is 143 Å². The highest BCUT2D eigenvalue weighted by Crippen LogP contribution is 2.53. The maximum absolute atomic E-state index is 15.3. The van der Waals surface area contributed by atoms with Gasteiger partial charge in [-0.25, -0.2) is 14.8 Å². The molecule has 0 bridgehead atoms. The average molecular weight is 1250 g/mol. The van der Waals surface area contributed by atoms with Crippen molar-refractivity contribution in [2.45, 2.75) is 127 Å². The minimum absolute atomic E-state index is 0.0652. The van der Waals surface area contributed by atoms with Crippen molar-refractivity contribution in [3.05, 3.63) is 171 Å². The minimum Gasteiger partial charge on any atom is -0.858 e. The van der Waals surface area contributed by atoms with Gasteiger partial charge in [-0.05, 0) is 83.9 Å². The van der Waals surface area contributed by atoms with Crippen LogP contribution in [0.2, 0.25) is 18.1 Å². The fourth-order valence-corrected chi connectivity index (χ4v) is 13.2. The largest absolute Gasteiger partial charge is 0.858 e. The van der Waals surface area contributed by atoms with Crippen molar-refractivity contribution in [2.75, 3.05) is 38.4 Å². The van der Waals surface area contributed by atoms with E-state index in [-0.39, 0.29) is 36.6 Å². The molecule has 88 heavy (non-hydrogen) atoms. The summed E-state index contributed by atoms with van der Waals surface area (Å²) in [6.07, 6.45) is -7.27. The Morgan fingerprint density at radius 2 is 1.33 bits per heavy atom. The number of amides is 1. The van der Waals surface area contributed by atoms with E-state index in [1.165, 1.54) is 17.1 Å².